The van der Waals surface area contributed by atoms with Crippen LogP contribution in [0.5, 0.6) is 0 Å². The zero-order chi connectivity index (χ0) is 13.5. The van der Waals surface area contributed by atoms with Gasteiger partial charge in [-0.15, -0.1) is 0 Å². The quantitative estimate of drug-likeness (QED) is 0.848. The van der Waals surface area contributed by atoms with Crippen molar-refractivity contribution >= 4 is 21.8 Å². The summed E-state index contributed by atoms with van der Waals surface area (Å²) in [5.74, 6) is 0.323. The molecule has 1 aromatic rings. The van der Waals surface area contributed by atoms with E-state index in [1.54, 1.807) is 0 Å². The summed E-state index contributed by atoms with van der Waals surface area (Å²) in [4.78, 5) is 11.9. The Morgan fingerprint density at radius 1 is 1.44 bits per heavy atom. The largest absolute Gasteiger partial charge is 0.396 e. The average molecular weight is 314 g/mol. The lowest BCUT2D eigenvalue weighted by Gasteiger charge is -2.21. The predicted octanol–water partition coefficient (Wildman–Crippen LogP) is 2.51. The maximum absolute atomic E-state index is 11.9. The first-order valence-electron chi connectivity index (χ1n) is 6.17. The van der Waals surface area contributed by atoms with Gasteiger partial charge in [0.2, 0.25) is 5.91 Å². The lowest BCUT2D eigenvalue weighted by Crippen LogP contribution is -2.40. The fraction of sp³-hybridized carbons (Fsp3) is 0.500. The molecule has 0 saturated heterocycles. The van der Waals surface area contributed by atoms with E-state index < -0.39 is 0 Å². The van der Waals surface area contributed by atoms with Gasteiger partial charge in [-0.3, -0.25) is 4.79 Å². The summed E-state index contributed by atoms with van der Waals surface area (Å²) < 4.78 is 0.976. The van der Waals surface area contributed by atoms with Crippen LogP contribution in [-0.4, -0.2) is 23.7 Å². The van der Waals surface area contributed by atoms with Crippen LogP contribution in [0.15, 0.2) is 28.7 Å². The number of aliphatic hydroxyl groups is 1. The Kier molecular flexibility index (Phi) is 6.36. The number of hydrogen-bond acceptors (Lipinski definition) is 2. The summed E-state index contributed by atoms with van der Waals surface area (Å²) in [6.45, 7) is 4.18. The summed E-state index contributed by atoms with van der Waals surface area (Å²) in [6.07, 6.45) is 0.968. The summed E-state index contributed by atoms with van der Waals surface area (Å²) in [5, 5.41) is 11.9. The highest BCUT2D eigenvalue weighted by molar-refractivity contribution is 9.10. The average Bonchev–Trinajstić information content (AvgIpc) is 2.28. The van der Waals surface area contributed by atoms with Crippen LogP contribution in [0.1, 0.15) is 25.8 Å². The summed E-state index contributed by atoms with van der Waals surface area (Å²) in [6, 6.07) is 7.76. The molecule has 0 aliphatic heterocycles. The van der Waals surface area contributed by atoms with Crippen LogP contribution >= 0.6 is 15.9 Å². The van der Waals surface area contributed by atoms with Gasteiger partial charge in [0.1, 0.15) is 0 Å². The molecule has 0 fully saturated rings. The Hall–Kier alpha value is -0.870. The molecule has 0 saturated carbocycles. The third-order valence-corrected chi connectivity index (χ3v) is 3.34. The lowest BCUT2D eigenvalue weighted by molar-refractivity contribution is -0.121. The van der Waals surface area contributed by atoms with Crippen LogP contribution in [0.4, 0.5) is 0 Å². The van der Waals surface area contributed by atoms with Gasteiger partial charge >= 0.3 is 0 Å². The van der Waals surface area contributed by atoms with Gasteiger partial charge in [-0.1, -0.05) is 41.9 Å². The third-order valence-electron chi connectivity index (χ3n) is 2.84. The van der Waals surface area contributed by atoms with Gasteiger partial charge in [0.15, 0.2) is 0 Å². The summed E-state index contributed by atoms with van der Waals surface area (Å²) >= 11 is 3.39. The number of carbonyl (C=O) groups excluding carboxylic acids is 1. The van der Waals surface area contributed by atoms with Crippen LogP contribution in [0.2, 0.25) is 0 Å². The number of hydrogen-bond donors (Lipinski definition) is 2. The van der Waals surface area contributed by atoms with Crippen molar-refractivity contribution in [1.29, 1.82) is 0 Å². The molecule has 1 atom stereocenters. The number of nitrogens with one attached hydrogen (secondary N) is 1. The fourth-order valence-electron chi connectivity index (χ4n) is 1.80. The second-order valence-electron chi connectivity index (χ2n) is 4.74. The van der Waals surface area contributed by atoms with Gasteiger partial charge in [0.25, 0.3) is 0 Å². The van der Waals surface area contributed by atoms with Gasteiger partial charge < -0.3 is 10.4 Å². The molecular weight excluding hydrogens is 294 g/mol. The number of benzene rings is 1. The van der Waals surface area contributed by atoms with Gasteiger partial charge in [0, 0.05) is 17.1 Å². The number of amides is 1. The van der Waals surface area contributed by atoms with E-state index in [9.17, 15) is 4.79 Å². The SMILES string of the molecule is CC(C)C(CCO)NC(=O)Cc1cccc(Br)c1. The zero-order valence-corrected chi connectivity index (χ0v) is 12.4. The van der Waals surface area contributed by atoms with E-state index in [1.807, 2.05) is 38.1 Å². The molecule has 4 heteroatoms. The minimum atomic E-state index is 0.000231. The molecule has 100 valence electrons. The van der Waals surface area contributed by atoms with Gasteiger partial charge in [0.05, 0.1) is 6.42 Å². The summed E-state index contributed by atoms with van der Waals surface area (Å²) in [7, 11) is 0. The van der Waals surface area contributed by atoms with Crippen molar-refractivity contribution in [3.8, 4) is 0 Å². The normalized spacial score (nSPS) is 12.5. The minimum Gasteiger partial charge on any atom is -0.396 e. The second kappa shape index (κ2) is 7.54. The Morgan fingerprint density at radius 3 is 2.72 bits per heavy atom. The number of aliphatic hydroxyl groups excluding tert-OH is 1. The second-order valence-corrected chi connectivity index (χ2v) is 5.65. The van der Waals surface area contributed by atoms with E-state index in [2.05, 4.69) is 21.2 Å². The maximum Gasteiger partial charge on any atom is 0.224 e. The van der Waals surface area contributed by atoms with Crippen LogP contribution in [0.3, 0.4) is 0 Å². The van der Waals surface area contributed by atoms with Crippen LogP contribution < -0.4 is 5.32 Å². The first-order chi connectivity index (χ1) is 8.52. The molecule has 2 N–H and O–H groups in total. The molecule has 0 spiro atoms. The maximum atomic E-state index is 11.9. The standard InChI is InChI=1S/C14H20BrNO2/c1-10(2)13(6-7-17)16-14(18)9-11-4-3-5-12(15)8-11/h3-5,8,10,13,17H,6-7,9H2,1-2H3,(H,16,18). The van der Waals surface area contributed by atoms with E-state index in [-0.39, 0.29) is 18.6 Å². The van der Waals surface area contributed by atoms with E-state index in [0.29, 0.717) is 18.8 Å². The van der Waals surface area contributed by atoms with Crippen molar-refractivity contribution in [2.75, 3.05) is 6.61 Å². The highest BCUT2D eigenvalue weighted by Crippen LogP contribution is 2.12. The molecule has 0 aliphatic carbocycles. The molecule has 1 rings (SSSR count). The molecule has 0 radical (unpaired) electrons. The molecular formula is C14H20BrNO2. The Labute approximate surface area is 117 Å². The molecule has 1 aromatic carbocycles. The van der Waals surface area contributed by atoms with Crippen LogP contribution in [-0.2, 0) is 11.2 Å². The lowest BCUT2D eigenvalue weighted by atomic mass is 10.0. The van der Waals surface area contributed by atoms with Gasteiger partial charge in [-0.05, 0) is 30.0 Å². The highest BCUT2D eigenvalue weighted by atomic mass is 79.9. The zero-order valence-electron chi connectivity index (χ0n) is 10.8. The van der Waals surface area contributed by atoms with Gasteiger partial charge in [-0.25, -0.2) is 0 Å². The first kappa shape index (κ1) is 15.2. The van der Waals surface area contributed by atoms with E-state index >= 15 is 0 Å². The monoisotopic (exact) mass is 313 g/mol. The van der Waals surface area contributed by atoms with E-state index in [4.69, 9.17) is 5.11 Å². The van der Waals surface area contributed by atoms with Crippen molar-refractivity contribution in [1.82, 2.24) is 5.32 Å². The van der Waals surface area contributed by atoms with Crippen LogP contribution in [0, 0.1) is 5.92 Å². The van der Waals surface area contributed by atoms with Crippen molar-refractivity contribution < 1.29 is 9.90 Å². The molecule has 18 heavy (non-hydrogen) atoms. The Morgan fingerprint density at radius 2 is 2.17 bits per heavy atom. The van der Waals surface area contributed by atoms with Gasteiger partial charge in [-0.2, -0.15) is 0 Å². The molecule has 0 aliphatic rings. The van der Waals surface area contributed by atoms with Crippen molar-refractivity contribution in [2.45, 2.75) is 32.7 Å². The smallest absolute Gasteiger partial charge is 0.224 e. The fourth-order valence-corrected chi connectivity index (χ4v) is 2.25. The van der Waals surface area contributed by atoms with Crippen molar-refractivity contribution in [3.05, 3.63) is 34.3 Å². The van der Waals surface area contributed by atoms with Crippen molar-refractivity contribution in [2.24, 2.45) is 5.92 Å². The molecule has 1 unspecified atom stereocenters. The first-order valence-corrected chi connectivity index (χ1v) is 6.97. The Balaban J connectivity index is 2.55. The van der Waals surface area contributed by atoms with E-state index in [1.165, 1.54) is 0 Å². The number of carbonyl (C=O) groups is 1. The van der Waals surface area contributed by atoms with E-state index in [0.717, 1.165) is 10.0 Å². The molecule has 0 aromatic heterocycles. The number of rotatable bonds is 6. The summed E-state index contributed by atoms with van der Waals surface area (Å²) in [5.41, 5.74) is 0.980. The molecule has 1 amide bonds. The highest BCUT2D eigenvalue weighted by Gasteiger charge is 2.15. The molecule has 0 heterocycles. The number of halogens is 1. The molecule has 3 nitrogen and oxygen atoms in total. The Bertz CT molecular complexity index is 393. The topological polar surface area (TPSA) is 49.3 Å². The predicted molar refractivity (Wildman–Crippen MR) is 76.3 cm³/mol. The molecule has 0 bridgehead atoms. The third kappa shape index (κ3) is 5.19. The van der Waals surface area contributed by atoms with Crippen LogP contribution in [0.25, 0.3) is 0 Å². The van der Waals surface area contributed by atoms with Crippen molar-refractivity contribution in [3.63, 3.8) is 0 Å². The minimum absolute atomic E-state index is 0.000231.